The number of nitrogens with one attached hydrogen (secondary N) is 2. The van der Waals surface area contributed by atoms with Gasteiger partial charge in [0.25, 0.3) is 12.3 Å². The van der Waals surface area contributed by atoms with E-state index in [0.29, 0.717) is 16.8 Å². The normalized spacial score (nSPS) is 15.6. The second-order valence-corrected chi connectivity index (χ2v) is 7.81. The summed E-state index contributed by atoms with van der Waals surface area (Å²) in [5, 5.41) is 7.99. The van der Waals surface area contributed by atoms with Crippen LogP contribution in [0.3, 0.4) is 0 Å². The van der Waals surface area contributed by atoms with Gasteiger partial charge in [-0.2, -0.15) is 13.2 Å². The van der Waals surface area contributed by atoms with Crippen molar-refractivity contribution >= 4 is 29.1 Å². The predicted molar refractivity (Wildman–Crippen MR) is 112 cm³/mol. The summed E-state index contributed by atoms with van der Waals surface area (Å²) >= 11 is 5.90. The first-order valence-electron chi connectivity index (χ1n) is 9.84. The fourth-order valence-electron chi connectivity index (χ4n) is 3.14. The number of carbonyl (C=O) groups is 2. The van der Waals surface area contributed by atoms with Crippen LogP contribution in [-0.4, -0.2) is 41.8 Å². The number of amides is 2. The molecule has 1 aliphatic heterocycles. The maximum Gasteiger partial charge on any atom is 0.405 e. The number of rotatable bonds is 7. The Morgan fingerprint density at radius 2 is 1.94 bits per heavy atom. The van der Waals surface area contributed by atoms with Gasteiger partial charge in [-0.3, -0.25) is 9.59 Å². The van der Waals surface area contributed by atoms with E-state index in [-0.39, 0.29) is 22.7 Å². The van der Waals surface area contributed by atoms with Crippen molar-refractivity contribution in [1.29, 1.82) is 0 Å². The fourth-order valence-corrected chi connectivity index (χ4v) is 3.36. The molecule has 2 heterocycles. The van der Waals surface area contributed by atoms with Crippen molar-refractivity contribution in [3.05, 3.63) is 63.4 Å². The first-order chi connectivity index (χ1) is 15.9. The number of halogens is 6. The molecule has 0 spiro atoms. The standard InChI is InChI=1S/C21H18ClF5N4O3/c1-10-4-11(2-3-13(10)20(33)28-8-18(32)29-9-21(25,26)27)14-7-17(34-31-14)15-5-12(22)6-16(30-15)19(23)24/h2-6,17,19H,7-9H2,1H3,(H,28,33)(H,29,32). The molecule has 2 N–H and O–H groups in total. The van der Waals surface area contributed by atoms with Crippen LogP contribution in [0.4, 0.5) is 22.0 Å². The van der Waals surface area contributed by atoms with Crippen molar-refractivity contribution in [2.24, 2.45) is 5.16 Å². The van der Waals surface area contributed by atoms with Gasteiger partial charge in [0.15, 0.2) is 6.10 Å². The van der Waals surface area contributed by atoms with Gasteiger partial charge in [-0.25, -0.2) is 13.8 Å². The smallest absolute Gasteiger partial charge is 0.385 e. The van der Waals surface area contributed by atoms with Crippen molar-refractivity contribution in [2.75, 3.05) is 13.1 Å². The molecule has 2 aromatic rings. The number of alkyl halides is 5. The van der Waals surface area contributed by atoms with Crippen LogP contribution in [0, 0.1) is 6.92 Å². The van der Waals surface area contributed by atoms with Crippen LogP contribution in [0.2, 0.25) is 5.02 Å². The summed E-state index contributed by atoms with van der Waals surface area (Å²) in [6.45, 7) is -0.482. The van der Waals surface area contributed by atoms with Gasteiger partial charge in [-0.05, 0) is 42.3 Å². The lowest BCUT2D eigenvalue weighted by Crippen LogP contribution is -2.41. The highest BCUT2D eigenvalue weighted by molar-refractivity contribution is 6.30. The molecule has 1 aromatic carbocycles. The van der Waals surface area contributed by atoms with Crippen molar-refractivity contribution in [2.45, 2.75) is 32.1 Å². The highest BCUT2D eigenvalue weighted by Crippen LogP contribution is 2.32. The van der Waals surface area contributed by atoms with Crippen molar-refractivity contribution in [3.63, 3.8) is 0 Å². The third-order valence-corrected chi connectivity index (χ3v) is 4.97. The molecule has 1 unspecified atom stereocenters. The molecule has 182 valence electrons. The molecule has 1 aliphatic rings. The van der Waals surface area contributed by atoms with Gasteiger partial charge in [0.1, 0.15) is 12.2 Å². The van der Waals surface area contributed by atoms with Gasteiger partial charge in [0.2, 0.25) is 5.91 Å². The quantitative estimate of drug-likeness (QED) is 0.551. The Morgan fingerprint density at radius 1 is 1.21 bits per heavy atom. The Kier molecular flexibility index (Phi) is 7.70. The molecular weight excluding hydrogens is 487 g/mol. The average molecular weight is 505 g/mol. The Balaban J connectivity index is 1.62. The van der Waals surface area contributed by atoms with Gasteiger partial charge in [0, 0.05) is 17.0 Å². The summed E-state index contributed by atoms with van der Waals surface area (Å²) in [5.74, 6) is -1.62. The fraction of sp³-hybridized carbons (Fsp3) is 0.333. The lowest BCUT2D eigenvalue weighted by Gasteiger charge is -2.11. The van der Waals surface area contributed by atoms with Crippen LogP contribution < -0.4 is 10.6 Å². The van der Waals surface area contributed by atoms with E-state index in [9.17, 15) is 31.5 Å². The third kappa shape index (κ3) is 6.62. The summed E-state index contributed by atoms with van der Waals surface area (Å²) in [5.41, 5.74) is 1.55. The lowest BCUT2D eigenvalue weighted by molar-refractivity contribution is -0.137. The highest BCUT2D eigenvalue weighted by Gasteiger charge is 2.28. The number of aryl methyl sites for hydroxylation is 1. The Morgan fingerprint density at radius 3 is 2.59 bits per heavy atom. The summed E-state index contributed by atoms with van der Waals surface area (Å²) in [7, 11) is 0. The van der Waals surface area contributed by atoms with Gasteiger partial charge >= 0.3 is 6.18 Å². The van der Waals surface area contributed by atoms with Gasteiger partial charge < -0.3 is 15.5 Å². The third-order valence-electron chi connectivity index (χ3n) is 4.75. The van der Waals surface area contributed by atoms with E-state index in [2.05, 4.69) is 15.5 Å². The predicted octanol–water partition coefficient (Wildman–Crippen LogP) is 4.26. The molecule has 1 atom stereocenters. The first-order valence-corrected chi connectivity index (χ1v) is 10.2. The summed E-state index contributed by atoms with van der Waals surface area (Å²) in [6.07, 6.45) is -7.84. The molecule has 0 saturated carbocycles. The molecule has 2 amide bonds. The number of nitrogens with zero attached hydrogens (tertiary/aromatic N) is 2. The minimum atomic E-state index is -4.55. The molecule has 34 heavy (non-hydrogen) atoms. The molecule has 7 nitrogen and oxygen atoms in total. The zero-order valence-electron chi connectivity index (χ0n) is 17.5. The molecule has 13 heteroatoms. The maximum absolute atomic E-state index is 13.0. The molecular formula is C21H18ClF5N4O3. The maximum atomic E-state index is 13.0. The number of aromatic nitrogens is 1. The molecule has 0 saturated heterocycles. The second kappa shape index (κ2) is 10.3. The number of hydrogen-bond acceptors (Lipinski definition) is 5. The molecule has 0 aliphatic carbocycles. The largest absolute Gasteiger partial charge is 0.405 e. The zero-order chi connectivity index (χ0) is 25.0. The van der Waals surface area contributed by atoms with Crippen molar-refractivity contribution in [3.8, 4) is 0 Å². The zero-order valence-corrected chi connectivity index (χ0v) is 18.3. The number of carbonyl (C=O) groups excluding carboxylic acids is 2. The number of pyridine rings is 1. The van der Waals surface area contributed by atoms with Crippen molar-refractivity contribution in [1.82, 2.24) is 15.6 Å². The van der Waals surface area contributed by atoms with Crippen LogP contribution in [0.25, 0.3) is 0 Å². The van der Waals surface area contributed by atoms with Crippen LogP contribution in [0.15, 0.2) is 35.5 Å². The van der Waals surface area contributed by atoms with E-state index < -0.39 is 49.3 Å². The Bertz CT molecular complexity index is 1120. The van der Waals surface area contributed by atoms with Crippen LogP contribution >= 0.6 is 11.6 Å². The minimum absolute atomic E-state index is 0.0932. The van der Waals surface area contributed by atoms with Crippen molar-refractivity contribution < 1.29 is 36.4 Å². The summed E-state index contributed by atoms with van der Waals surface area (Å²) in [6, 6.07) is 7.17. The van der Waals surface area contributed by atoms with E-state index in [0.717, 1.165) is 6.07 Å². The summed E-state index contributed by atoms with van der Waals surface area (Å²) < 4.78 is 62.4. The molecule has 0 fully saturated rings. The highest BCUT2D eigenvalue weighted by atomic mass is 35.5. The monoisotopic (exact) mass is 504 g/mol. The van der Waals surface area contributed by atoms with E-state index in [4.69, 9.17) is 16.4 Å². The topological polar surface area (TPSA) is 92.7 Å². The van der Waals surface area contributed by atoms with E-state index >= 15 is 0 Å². The first kappa shape index (κ1) is 25.3. The second-order valence-electron chi connectivity index (χ2n) is 7.38. The minimum Gasteiger partial charge on any atom is -0.385 e. The van der Waals surface area contributed by atoms with E-state index in [1.54, 1.807) is 24.4 Å². The molecule has 3 rings (SSSR count). The van der Waals surface area contributed by atoms with Gasteiger partial charge in [-0.15, -0.1) is 0 Å². The molecule has 1 aromatic heterocycles. The Hall–Kier alpha value is -3.28. The number of hydrogen-bond donors (Lipinski definition) is 2. The van der Waals surface area contributed by atoms with Crippen LogP contribution in [0.1, 0.15) is 51.8 Å². The van der Waals surface area contributed by atoms with E-state index in [1.165, 1.54) is 12.1 Å². The molecule has 0 bridgehead atoms. The van der Waals surface area contributed by atoms with Crippen LogP contribution in [0.5, 0.6) is 0 Å². The van der Waals surface area contributed by atoms with Crippen LogP contribution in [-0.2, 0) is 9.63 Å². The molecule has 0 radical (unpaired) electrons. The van der Waals surface area contributed by atoms with E-state index in [1.807, 2.05) is 0 Å². The number of oxime groups is 1. The Labute approximate surface area is 195 Å². The SMILES string of the molecule is Cc1cc(C2=NOC(c3cc(Cl)cc(C(F)F)n3)C2)ccc1C(=O)NCC(=O)NCC(F)(F)F. The number of benzene rings is 1. The summed E-state index contributed by atoms with van der Waals surface area (Å²) in [4.78, 5) is 33.0. The lowest BCUT2D eigenvalue weighted by atomic mass is 9.98. The average Bonchev–Trinajstić information content (AvgIpc) is 3.25. The van der Waals surface area contributed by atoms with Gasteiger partial charge in [-0.1, -0.05) is 22.8 Å². The van der Waals surface area contributed by atoms with Gasteiger partial charge in [0.05, 0.1) is 18.0 Å².